The van der Waals surface area contributed by atoms with Gasteiger partial charge in [0.1, 0.15) is 4.49 Å². The van der Waals surface area contributed by atoms with E-state index in [9.17, 15) is 4.79 Å². The van der Waals surface area contributed by atoms with Crippen molar-refractivity contribution in [2.75, 3.05) is 5.32 Å². The minimum Gasteiger partial charge on any atom is -0.326 e. The molecule has 1 N–H and O–H groups in total. The van der Waals surface area contributed by atoms with Gasteiger partial charge in [-0.2, -0.15) is 0 Å². The van der Waals surface area contributed by atoms with E-state index in [-0.39, 0.29) is 27.6 Å². The van der Waals surface area contributed by atoms with Crippen LogP contribution in [0, 0.1) is 17.3 Å². The highest BCUT2D eigenvalue weighted by Crippen LogP contribution is 2.59. The standard InChI is InChI=1S/C14H15Cl2NO/c1-14(2)10(8-11(15)16)12(14)13(18)17-9-6-4-3-5-7-9/h3-8,10,12H,1-2H3,(H,17,18). The third-order valence-electron chi connectivity index (χ3n) is 3.54. The monoisotopic (exact) mass is 283 g/mol. The van der Waals surface area contributed by atoms with Gasteiger partial charge >= 0.3 is 0 Å². The molecular formula is C14H15Cl2NO. The van der Waals surface area contributed by atoms with Crippen molar-refractivity contribution in [1.82, 2.24) is 0 Å². The molecule has 4 heteroatoms. The van der Waals surface area contributed by atoms with E-state index >= 15 is 0 Å². The Labute approximate surface area is 117 Å². The van der Waals surface area contributed by atoms with Crippen molar-refractivity contribution >= 4 is 34.8 Å². The summed E-state index contributed by atoms with van der Waals surface area (Å²) in [6, 6.07) is 9.43. The van der Waals surface area contributed by atoms with Crippen LogP contribution in [0.15, 0.2) is 40.9 Å². The Hall–Kier alpha value is -0.990. The van der Waals surface area contributed by atoms with Crippen LogP contribution in [-0.2, 0) is 4.79 Å². The summed E-state index contributed by atoms with van der Waals surface area (Å²) in [5, 5.41) is 2.91. The zero-order valence-electron chi connectivity index (χ0n) is 10.3. The van der Waals surface area contributed by atoms with Gasteiger partial charge in [0, 0.05) is 5.69 Å². The van der Waals surface area contributed by atoms with E-state index in [2.05, 4.69) is 5.32 Å². The SMILES string of the molecule is CC1(C)C(C=C(Cl)Cl)C1C(=O)Nc1ccccc1. The lowest BCUT2D eigenvalue weighted by molar-refractivity contribution is -0.118. The van der Waals surface area contributed by atoms with E-state index in [1.54, 1.807) is 6.08 Å². The fourth-order valence-electron chi connectivity index (χ4n) is 2.37. The van der Waals surface area contributed by atoms with Gasteiger partial charge in [-0.3, -0.25) is 4.79 Å². The van der Waals surface area contributed by atoms with Gasteiger partial charge < -0.3 is 5.32 Å². The van der Waals surface area contributed by atoms with E-state index in [1.165, 1.54) is 0 Å². The highest BCUT2D eigenvalue weighted by atomic mass is 35.5. The summed E-state index contributed by atoms with van der Waals surface area (Å²) in [4.78, 5) is 12.2. The molecule has 2 rings (SSSR count). The molecule has 0 heterocycles. The van der Waals surface area contributed by atoms with Gasteiger partial charge in [-0.1, -0.05) is 55.2 Å². The number of para-hydroxylation sites is 1. The van der Waals surface area contributed by atoms with Gasteiger partial charge in [-0.05, 0) is 29.5 Å². The molecule has 0 aliphatic heterocycles. The van der Waals surface area contributed by atoms with Crippen molar-refractivity contribution in [3.8, 4) is 0 Å². The summed E-state index contributed by atoms with van der Waals surface area (Å²) in [6.07, 6.45) is 1.75. The van der Waals surface area contributed by atoms with Crippen molar-refractivity contribution in [3.63, 3.8) is 0 Å². The maximum Gasteiger partial charge on any atom is 0.228 e. The highest BCUT2D eigenvalue weighted by molar-refractivity contribution is 6.55. The number of hydrogen-bond donors (Lipinski definition) is 1. The molecule has 1 saturated carbocycles. The second-order valence-electron chi connectivity index (χ2n) is 5.14. The predicted molar refractivity (Wildman–Crippen MR) is 75.6 cm³/mol. The van der Waals surface area contributed by atoms with Crippen LogP contribution in [0.1, 0.15) is 13.8 Å². The summed E-state index contributed by atoms with van der Waals surface area (Å²) in [5.74, 6) is 0.0402. The summed E-state index contributed by atoms with van der Waals surface area (Å²) in [5.41, 5.74) is 0.721. The summed E-state index contributed by atoms with van der Waals surface area (Å²) in [6.45, 7) is 4.08. The number of carbonyl (C=O) groups excluding carboxylic acids is 1. The van der Waals surface area contributed by atoms with E-state index < -0.39 is 0 Å². The van der Waals surface area contributed by atoms with Gasteiger partial charge in [-0.25, -0.2) is 0 Å². The summed E-state index contributed by atoms with van der Waals surface area (Å²) < 4.78 is 0.225. The molecule has 0 spiro atoms. The minimum atomic E-state index is -0.0894. The summed E-state index contributed by atoms with van der Waals surface area (Å²) >= 11 is 11.3. The van der Waals surface area contributed by atoms with Gasteiger partial charge in [0.15, 0.2) is 0 Å². The summed E-state index contributed by atoms with van der Waals surface area (Å²) in [7, 11) is 0. The largest absolute Gasteiger partial charge is 0.326 e. The first-order valence-corrected chi connectivity index (χ1v) is 6.57. The number of carbonyl (C=O) groups is 1. The minimum absolute atomic E-state index is 0.0158. The van der Waals surface area contributed by atoms with Crippen LogP contribution < -0.4 is 5.32 Å². The molecule has 18 heavy (non-hydrogen) atoms. The van der Waals surface area contributed by atoms with Crippen molar-refractivity contribution < 1.29 is 4.79 Å². The first-order chi connectivity index (χ1) is 8.43. The van der Waals surface area contributed by atoms with Crippen molar-refractivity contribution in [3.05, 3.63) is 40.9 Å². The lowest BCUT2D eigenvalue weighted by Crippen LogP contribution is -2.16. The molecule has 1 aromatic carbocycles. The molecule has 0 aromatic heterocycles. The Bertz CT molecular complexity index is 478. The normalized spacial score (nSPS) is 24.2. The second-order valence-corrected chi connectivity index (χ2v) is 6.14. The molecule has 0 radical (unpaired) electrons. The molecule has 0 bridgehead atoms. The van der Waals surface area contributed by atoms with Crippen LogP contribution >= 0.6 is 23.2 Å². The molecule has 1 fully saturated rings. The third kappa shape index (κ3) is 2.70. The van der Waals surface area contributed by atoms with E-state index in [0.717, 1.165) is 5.69 Å². The number of nitrogens with one attached hydrogen (secondary N) is 1. The fourth-order valence-corrected chi connectivity index (χ4v) is 2.64. The maximum atomic E-state index is 12.2. The molecular weight excluding hydrogens is 269 g/mol. The number of rotatable bonds is 3. The van der Waals surface area contributed by atoms with Gasteiger partial charge in [0.2, 0.25) is 5.91 Å². The number of hydrogen-bond acceptors (Lipinski definition) is 1. The van der Waals surface area contributed by atoms with Crippen molar-refractivity contribution in [1.29, 1.82) is 0 Å². The molecule has 0 saturated heterocycles. The number of halogens is 2. The Balaban J connectivity index is 2.05. The topological polar surface area (TPSA) is 29.1 Å². The molecule has 2 nitrogen and oxygen atoms in total. The number of amides is 1. The van der Waals surface area contributed by atoms with Crippen LogP contribution in [0.25, 0.3) is 0 Å². The fraction of sp³-hybridized carbons (Fsp3) is 0.357. The van der Waals surface area contributed by atoms with Gasteiger partial charge in [-0.15, -0.1) is 0 Å². The first-order valence-electron chi connectivity index (χ1n) is 5.81. The van der Waals surface area contributed by atoms with Crippen LogP contribution in [0.4, 0.5) is 5.69 Å². The predicted octanol–water partition coefficient (Wildman–Crippen LogP) is 4.22. The Kier molecular flexibility index (Phi) is 3.69. The van der Waals surface area contributed by atoms with E-state index in [0.29, 0.717) is 0 Å². The number of anilines is 1. The average molecular weight is 284 g/mol. The number of allylic oxidation sites excluding steroid dienone is 1. The third-order valence-corrected chi connectivity index (χ3v) is 3.79. The quantitative estimate of drug-likeness (QED) is 0.884. The zero-order chi connectivity index (χ0) is 13.3. The molecule has 1 aliphatic carbocycles. The smallest absolute Gasteiger partial charge is 0.228 e. The molecule has 2 unspecified atom stereocenters. The van der Waals surface area contributed by atoms with Gasteiger partial charge in [0.25, 0.3) is 0 Å². The van der Waals surface area contributed by atoms with Crippen molar-refractivity contribution in [2.24, 2.45) is 17.3 Å². The molecule has 1 aromatic rings. The Morgan fingerprint density at radius 2 is 1.89 bits per heavy atom. The highest BCUT2D eigenvalue weighted by Gasteiger charge is 2.60. The molecule has 1 amide bonds. The lowest BCUT2D eigenvalue weighted by Gasteiger charge is -2.05. The van der Waals surface area contributed by atoms with Crippen LogP contribution in [-0.4, -0.2) is 5.91 Å². The average Bonchev–Trinajstić information content (AvgIpc) is 2.80. The van der Waals surface area contributed by atoms with Crippen LogP contribution in [0.2, 0.25) is 0 Å². The Morgan fingerprint density at radius 3 is 2.44 bits per heavy atom. The van der Waals surface area contributed by atoms with E-state index in [4.69, 9.17) is 23.2 Å². The lowest BCUT2D eigenvalue weighted by atomic mass is 10.1. The second kappa shape index (κ2) is 4.94. The molecule has 2 atom stereocenters. The molecule has 96 valence electrons. The first kappa shape index (κ1) is 13.4. The van der Waals surface area contributed by atoms with Gasteiger partial charge in [0.05, 0.1) is 5.92 Å². The molecule has 1 aliphatic rings. The maximum absolute atomic E-state index is 12.2. The zero-order valence-corrected chi connectivity index (χ0v) is 11.8. The van der Waals surface area contributed by atoms with Crippen LogP contribution in [0.5, 0.6) is 0 Å². The van der Waals surface area contributed by atoms with E-state index in [1.807, 2.05) is 44.2 Å². The number of benzene rings is 1. The Morgan fingerprint density at radius 1 is 1.28 bits per heavy atom. The van der Waals surface area contributed by atoms with Crippen LogP contribution in [0.3, 0.4) is 0 Å². The van der Waals surface area contributed by atoms with Crippen molar-refractivity contribution in [2.45, 2.75) is 13.8 Å².